The number of nitrogens with two attached hydrogens (primary N) is 1. The number of aliphatic carboxylic acids is 1. The predicted molar refractivity (Wildman–Crippen MR) is 114 cm³/mol. The number of oxime groups is 1. The van der Waals surface area contributed by atoms with Crippen molar-refractivity contribution in [2.75, 3.05) is 11.5 Å². The summed E-state index contributed by atoms with van der Waals surface area (Å²) >= 11 is 2.52. The summed E-state index contributed by atoms with van der Waals surface area (Å²) in [6, 6.07) is -0.885. The van der Waals surface area contributed by atoms with E-state index in [1.165, 1.54) is 16.7 Å². The molecule has 3 rings (SSSR count). The number of fused-ring (bicyclic) bond motifs is 1. The topological polar surface area (TPSA) is 147 Å². The fourth-order valence-corrected chi connectivity index (χ4v) is 4.81. The first-order valence-electron chi connectivity index (χ1n) is 9.04. The van der Waals surface area contributed by atoms with Crippen LogP contribution in [0.4, 0.5) is 5.13 Å². The Morgan fingerprint density at radius 3 is 2.80 bits per heavy atom. The zero-order valence-corrected chi connectivity index (χ0v) is 18.1. The number of carbonyl (C=O) groups is 3. The van der Waals surface area contributed by atoms with Crippen LogP contribution in [0.5, 0.6) is 0 Å². The van der Waals surface area contributed by atoms with Crippen molar-refractivity contribution >= 4 is 51.7 Å². The van der Waals surface area contributed by atoms with E-state index >= 15 is 0 Å². The van der Waals surface area contributed by atoms with Crippen LogP contribution in [0, 0.1) is 0 Å². The van der Waals surface area contributed by atoms with Crippen molar-refractivity contribution in [3.8, 4) is 0 Å². The van der Waals surface area contributed by atoms with Gasteiger partial charge in [-0.15, -0.1) is 23.1 Å². The summed E-state index contributed by atoms with van der Waals surface area (Å²) in [6.07, 6.45) is 3.12. The van der Waals surface area contributed by atoms with Crippen molar-refractivity contribution in [3.63, 3.8) is 0 Å². The van der Waals surface area contributed by atoms with E-state index in [-0.39, 0.29) is 28.3 Å². The molecule has 0 aliphatic carbocycles. The van der Waals surface area contributed by atoms with Gasteiger partial charge in [-0.25, -0.2) is 9.78 Å². The van der Waals surface area contributed by atoms with E-state index in [2.05, 4.69) is 15.5 Å². The highest BCUT2D eigenvalue weighted by Gasteiger charge is 2.54. The number of hydrogen-bond donors (Lipinski definition) is 3. The van der Waals surface area contributed by atoms with Gasteiger partial charge >= 0.3 is 5.97 Å². The summed E-state index contributed by atoms with van der Waals surface area (Å²) in [6.45, 7) is 5.28. The summed E-state index contributed by atoms with van der Waals surface area (Å²) in [7, 11) is 0. The lowest BCUT2D eigenvalue weighted by Gasteiger charge is -2.49. The van der Waals surface area contributed by atoms with E-state index in [0.717, 1.165) is 11.3 Å². The monoisotopic (exact) mass is 451 g/mol. The maximum Gasteiger partial charge on any atom is 0.352 e. The fourth-order valence-electron chi connectivity index (χ4n) is 2.94. The van der Waals surface area contributed by atoms with Crippen LogP contribution >= 0.6 is 23.1 Å². The highest BCUT2D eigenvalue weighted by atomic mass is 32.2. The first-order chi connectivity index (χ1) is 14.2. The second-order valence-corrected chi connectivity index (χ2v) is 8.70. The number of nitrogens with one attached hydrogen (secondary N) is 1. The Balaban J connectivity index is 1.81. The highest BCUT2D eigenvalue weighted by molar-refractivity contribution is 8.00. The number of carbonyl (C=O) groups excluding carboxylic acids is 2. The van der Waals surface area contributed by atoms with Gasteiger partial charge in [-0.3, -0.25) is 14.5 Å². The van der Waals surface area contributed by atoms with Gasteiger partial charge in [0, 0.05) is 11.1 Å². The molecule has 0 radical (unpaired) electrons. The van der Waals surface area contributed by atoms with Crippen molar-refractivity contribution < 1.29 is 24.3 Å². The number of nitrogen functional groups attached to an aromatic ring is 1. The van der Waals surface area contributed by atoms with Crippen molar-refractivity contribution in [2.24, 2.45) is 5.16 Å². The van der Waals surface area contributed by atoms with Crippen LogP contribution in [-0.4, -0.2) is 61.8 Å². The van der Waals surface area contributed by atoms with Gasteiger partial charge in [0.05, 0.1) is 0 Å². The molecule has 30 heavy (non-hydrogen) atoms. The van der Waals surface area contributed by atoms with Crippen molar-refractivity contribution in [1.29, 1.82) is 0 Å². The van der Waals surface area contributed by atoms with Crippen LogP contribution in [0.25, 0.3) is 0 Å². The van der Waals surface area contributed by atoms with Crippen molar-refractivity contribution in [1.82, 2.24) is 15.2 Å². The van der Waals surface area contributed by atoms with Gasteiger partial charge in [-0.1, -0.05) is 17.3 Å². The Kier molecular flexibility index (Phi) is 6.46. The molecule has 0 bridgehead atoms. The van der Waals surface area contributed by atoms with Gasteiger partial charge in [0.1, 0.15) is 28.9 Å². The molecule has 0 aromatic carbocycles. The lowest BCUT2D eigenvalue weighted by atomic mass is 10.0. The van der Waals surface area contributed by atoms with Crippen LogP contribution in [0.15, 0.2) is 34.0 Å². The molecular weight excluding hydrogens is 430 g/mol. The third-order valence-electron chi connectivity index (χ3n) is 4.19. The molecule has 0 saturated carbocycles. The molecule has 1 unspecified atom stereocenters. The van der Waals surface area contributed by atoms with Gasteiger partial charge in [0.15, 0.2) is 10.8 Å². The highest BCUT2D eigenvalue weighted by Crippen LogP contribution is 2.40. The third-order valence-corrected chi connectivity index (χ3v) is 6.17. The molecule has 3 heterocycles. The molecule has 0 spiro atoms. The summed E-state index contributed by atoms with van der Waals surface area (Å²) in [5.74, 6) is -1.93. The molecule has 160 valence electrons. The van der Waals surface area contributed by atoms with E-state index in [1.807, 2.05) is 0 Å². The summed E-state index contributed by atoms with van der Waals surface area (Å²) in [4.78, 5) is 47.7. The van der Waals surface area contributed by atoms with E-state index in [0.29, 0.717) is 11.3 Å². The third kappa shape index (κ3) is 4.19. The summed E-state index contributed by atoms with van der Waals surface area (Å²) in [5.41, 5.74) is 6.27. The maximum absolute atomic E-state index is 12.9. The minimum absolute atomic E-state index is 0.0587. The number of thiazole rings is 1. The van der Waals surface area contributed by atoms with Crippen LogP contribution in [0.3, 0.4) is 0 Å². The number of carboxylic acid groups (broad SMARTS) is 1. The normalized spacial score (nSPS) is 21.7. The van der Waals surface area contributed by atoms with Crippen LogP contribution in [-0.2, 0) is 19.2 Å². The quantitative estimate of drug-likeness (QED) is 0.318. The second kappa shape index (κ2) is 8.88. The average molecular weight is 452 g/mol. The minimum atomic E-state index is -1.18. The maximum atomic E-state index is 12.9. The number of carboxylic acids is 1. The Labute approximate surface area is 180 Å². The van der Waals surface area contributed by atoms with Gasteiger partial charge in [0.2, 0.25) is 0 Å². The average Bonchev–Trinajstić information content (AvgIpc) is 3.11. The smallest absolute Gasteiger partial charge is 0.352 e. The van der Waals surface area contributed by atoms with Crippen LogP contribution in [0.1, 0.15) is 26.5 Å². The molecule has 2 aliphatic heterocycles. The molecule has 10 nitrogen and oxygen atoms in total. The number of β-lactam (4-membered cyclic amide) rings is 1. The van der Waals surface area contributed by atoms with Gasteiger partial charge in [-0.2, -0.15) is 0 Å². The molecule has 2 aliphatic rings. The molecule has 1 aromatic heterocycles. The number of thioether (sulfide) groups is 1. The number of amides is 2. The van der Waals surface area contributed by atoms with E-state index in [4.69, 9.17) is 10.6 Å². The molecule has 1 aromatic rings. The Bertz CT molecular complexity index is 968. The van der Waals surface area contributed by atoms with Crippen LogP contribution in [0.2, 0.25) is 0 Å². The second-order valence-electron chi connectivity index (χ2n) is 6.70. The lowest BCUT2D eigenvalue weighted by molar-refractivity contribution is -0.150. The fraction of sp³-hybridized carbons (Fsp3) is 0.389. The predicted octanol–water partition coefficient (Wildman–Crippen LogP) is 1.17. The molecule has 2 atom stereocenters. The molecule has 12 heteroatoms. The summed E-state index contributed by atoms with van der Waals surface area (Å²) < 4.78 is 0. The molecule has 1 saturated heterocycles. The number of aromatic nitrogens is 1. The Hall–Kier alpha value is -2.86. The number of rotatable bonds is 7. The zero-order valence-electron chi connectivity index (χ0n) is 16.5. The first-order valence-corrected chi connectivity index (χ1v) is 11.0. The zero-order chi connectivity index (χ0) is 22.0. The molecule has 2 amide bonds. The summed E-state index contributed by atoms with van der Waals surface area (Å²) in [5, 5.41) is 17.4. The SMILES string of the molecule is CC=CC1=C(C(=O)O)N2C(=O)C(NC(=O)C(=NOC(C)C)c3csc(N)n3)[C@@H]2SC1. The molecule has 4 N–H and O–H groups in total. The number of nitrogens with zero attached hydrogens (tertiary/aromatic N) is 3. The van der Waals surface area contributed by atoms with Crippen LogP contribution < -0.4 is 11.1 Å². The minimum Gasteiger partial charge on any atom is -0.477 e. The van der Waals surface area contributed by atoms with Crippen molar-refractivity contribution in [2.45, 2.75) is 38.3 Å². The largest absolute Gasteiger partial charge is 0.477 e. The van der Waals surface area contributed by atoms with E-state index in [9.17, 15) is 19.5 Å². The van der Waals surface area contributed by atoms with Crippen molar-refractivity contribution in [3.05, 3.63) is 34.5 Å². The Morgan fingerprint density at radius 2 is 2.23 bits per heavy atom. The van der Waals surface area contributed by atoms with Gasteiger partial charge < -0.3 is 21.0 Å². The van der Waals surface area contributed by atoms with Gasteiger partial charge in [-0.05, 0) is 26.3 Å². The van der Waals surface area contributed by atoms with Gasteiger partial charge in [0.25, 0.3) is 11.8 Å². The lowest BCUT2D eigenvalue weighted by Crippen LogP contribution is -2.71. The molecular formula is C18H21N5O5S2. The van der Waals surface area contributed by atoms with E-state index < -0.39 is 29.2 Å². The number of allylic oxidation sites excluding steroid dienone is 2. The first kappa shape index (κ1) is 21.8. The molecule has 1 fully saturated rings. The van der Waals surface area contributed by atoms with E-state index in [1.54, 1.807) is 38.3 Å². The number of hydrogen-bond acceptors (Lipinski definition) is 9. The Morgan fingerprint density at radius 1 is 1.50 bits per heavy atom. The number of anilines is 1. The standard InChI is InChI=1S/C18H21N5O5S2/c1-4-5-9-6-29-16-12(15(25)23(16)13(9)17(26)27)21-14(24)11(22-28-8(2)3)10-7-30-18(19)20-10/h4-5,7-8,12,16H,6H2,1-3H3,(H2,19,20)(H,21,24)(H,26,27)/t12?,16-/m0/s1.